The third-order valence-electron chi connectivity index (χ3n) is 2.02. The van der Waals surface area contributed by atoms with Gasteiger partial charge in [-0.25, -0.2) is 19.9 Å². The monoisotopic (exact) mass is 235 g/mol. The summed E-state index contributed by atoms with van der Waals surface area (Å²) >= 11 is 5.71. The highest BCUT2D eigenvalue weighted by Gasteiger charge is 2.02. The SMILES string of the molecule is Cc1cnc(Cl)nc1NCc1ccncn1. The average molecular weight is 236 g/mol. The van der Waals surface area contributed by atoms with Crippen molar-refractivity contribution in [2.24, 2.45) is 0 Å². The van der Waals surface area contributed by atoms with E-state index in [2.05, 4.69) is 25.3 Å². The third-order valence-corrected chi connectivity index (χ3v) is 2.20. The summed E-state index contributed by atoms with van der Waals surface area (Å²) in [7, 11) is 0. The molecule has 0 fully saturated rings. The lowest BCUT2D eigenvalue weighted by Crippen LogP contribution is -2.05. The van der Waals surface area contributed by atoms with Gasteiger partial charge in [-0.05, 0) is 24.6 Å². The lowest BCUT2D eigenvalue weighted by molar-refractivity contribution is 0.985. The molecular weight excluding hydrogens is 226 g/mol. The van der Waals surface area contributed by atoms with E-state index in [1.165, 1.54) is 6.33 Å². The van der Waals surface area contributed by atoms with Crippen LogP contribution in [0.4, 0.5) is 5.82 Å². The van der Waals surface area contributed by atoms with Gasteiger partial charge in [0.2, 0.25) is 5.28 Å². The normalized spacial score (nSPS) is 10.1. The molecule has 6 heteroatoms. The molecule has 0 aliphatic rings. The number of halogens is 1. The second kappa shape index (κ2) is 4.85. The molecule has 0 saturated heterocycles. The molecule has 5 nitrogen and oxygen atoms in total. The molecule has 0 radical (unpaired) electrons. The second-order valence-corrected chi connectivity index (χ2v) is 3.56. The highest BCUT2D eigenvalue weighted by Crippen LogP contribution is 2.13. The Morgan fingerprint density at radius 2 is 2.25 bits per heavy atom. The van der Waals surface area contributed by atoms with E-state index in [0.717, 1.165) is 17.1 Å². The van der Waals surface area contributed by atoms with Crippen molar-refractivity contribution < 1.29 is 0 Å². The molecule has 0 bridgehead atoms. The number of anilines is 1. The van der Waals surface area contributed by atoms with E-state index in [1.54, 1.807) is 12.4 Å². The highest BCUT2D eigenvalue weighted by atomic mass is 35.5. The Kier molecular flexibility index (Phi) is 3.26. The summed E-state index contributed by atoms with van der Waals surface area (Å²) in [6.07, 6.45) is 4.89. The van der Waals surface area contributed by atoms with Gasteiger partial charge >= 0.3 is 0 Å². The van der Waals surface area contributed by atoms with Gasteiger partial charge in [-0.2, -0.15) is 0 Å². The summed E-state index contributed by atoms with van der Waals surface area (Å²) in [5, 5.41) is 3.38. The minimum Gasteiger partial charge on any atom is -0.364 e. The van der Waals surface area contributed by atoms with Gasteiger partial charge in [0, 0.05) is 18.0 Å². The molecule has 0 aromatic carbocycles. The van der Waals surface area contributed by atoms with Crippen LogP contribution in [0.25, 0.3) is 0 Å². The first kappa shape index (κ1) is 10.8. The Hall–Kier alpha value is -1.75. The zero-order valence-electron chi connectivity index (χ0n) is 8.68. The van der Waals surface area contributed by atoms with Crippen LogP contribution in [-0.2, 0) is 6.54 Å². The van der Waals surface area contributed by atoms with Crippen molar-refractivity contribution in [1.29, 1.82) is 0 Å². The van der Waals surface area contributed by atoms with Gasteiger partial charge in [-0.3, -0.25) is 0 Å². The number of nitrogens with one attached hydrogen (secondary N) is 1. The van der Waals surface area contributed by atoms with Gasteiger partial charge in [-0.1, -0.05) is 0 Å². The first-order valence-corrected chi connectivity index (χ1v) is 5.11. The predicted octanol–water partition coefficient (Wildman–Crippen LogP) is 1.84. The Bertz CT molecular complexity index is 474. The molecule has 0 aliphatic heterocycles. The molecule has 2 heterocycles. The fraction of sp³-hybridized carbons (Fsp3) is 0.200. The number of aromatic nitrogens is 4. The zero-order chi connectivity index (χ0) is 11.4. The molecule has 0 atom stereocenters. The van der Waals surface area contributed by atoms with Gasteiger partial charge in [0.1, 0.15) is 12.1 Å². The number of aryl methyl sites for hydroxylation is 1. The average Bonchev–Trinajstić information content (AvgIpc) is 2.32. The van der Waals surface area contributed by atoms with Crippen molar-refractivity contribution in [1.82, 2.24) is 19.9 Å². The lowest BCUT2D eigenvalue weighted by Gasteiger charge is -2.07. The Morgan fingerprint density at radius 3 is 3.00 bits per heavy atom. The summed E-state index contributed by atoms with van der Waals surface area (Å²) in [6, 6.07) is 1.84. The molecule has 0 amide bonds. The minimum absolute atomic E-state index is 0.232. The molecule has 0 spiro atoms. The topological polar surface area (TPSA) is 63.6 Å². The number of hydrogen-bond donors (Lipinski definition) is 1. The quantitative estimate of drug-likeness (QED) is 0.823. The fourth-order valence-electron chi connectivity index (χ4n) is 1.20. The largest absolute Gasteiger partial charge is 0.364 e. The van der Waals surface area contributed by atoms with Gasteiger partial charge in [0.15, 0.2) is 0 Å². The van der Waals surface area contributed by atoms with E-state index in [0.29, 0.717) is 6.54 Å². The van der Waals surface area contributed by atoms with Crippen LogP contribution in [0.5, 0.6) is 0 Å². The molecule has 1 N–H and O–H groups in total. The van der Waals surface area contributed by atoms with E-state index in [1.807, 2.05) is 13.0 Å². The van der Waals surface area contributed by atoms with Crippen molar-refractivity contribution in [2.75, 3.05) is 5.32 Å². The van der Waals surface area contributed by atoms with Crippen molar-refractivity contribution in [3.8, 4) is 0 Å². The molecule has 0 aliphatic carbocycles. The van der Waals surface area contributed by atoms with E-state index >= 15 is 0 Å². The molecule has 82 valence electrons. The summed E-state index contributed by atoms with van der Waals surface area (Å²) in [5.74, 6) is 0.721. The summed E-state index contributed by atoms with van der Waals surface area (Å²) in [4.78, 5) is 15.9. The zero-order valence-corrected chi connectivity index (χ0v) is 9.44. The van der Waals surface area contributed by atoms with Gasteiger partial charge in [-0.15, -0.1) is 0 Å². The van der Waals surface area contributed by atoms with Crippen LogP contribution in [0.3, 0.4) is 0 Å². The minimum atomic E-state index is 0.232. The summed E-state index contributed by atoms with van der Waals surface area (Å²) in [6.45, 7) is 2.50. The van der Waals surface area contributed by atoms with Crippen LogP contribution >= 0.6 is 11.6 Å². The predicted molar refractivity (Wildman–Crippen MR) is 61.1 cm³/mol. The van der Waals surface area contributed by atoms with Crippen LogP contribution in [0.2, 0.25) is 5.28 Å². The van der Waals surface area contributed by atoms with Crippen LogP contribution in [-0.4, -0.2) is 19.9 Å². The van der Waals surface area contributed by atoms with Gasteiger partial charge in [0.05, 0.1) is 12.2 Å². The molecule has 0 unspecified atom stereocenters. The summed E-state index contributed by atoms with van der Waals surface area (Å²) in [5.41, 5.74) is 1.84. The van der Waals surface area contributed by atoms with Crippen LogP contribution in [0.15, 0.2) is 24.8 Å². The molecular formula is C10H10ClN5. The lowest BCUT2D eigenvalue weighted by atomic mass is 10.3. The van der Waals surface area contributed by atoms with E-state index < -0.39 is 0 Å². The Morgan fingerprint density at radius 1 is 1.38 bits per heavy atom. The molecule has 16 heavy (non-hydrogen) atoms. The van der Waals surface area contributed by atoms with Crippen LogP contribution < -0.4 is 5.32 Å². The summed E-state index contributed by atoms with van der Waals surface area (Å²) < 4.78 is 0. The van der Waals surface area contributed by atoms with Crippen molar-refractivity contribution in [3.63, 3.8) is 0 Å². The number of hydrogen-bond acceptors (Lipinski definition) is 5. The molecule has 0 saturated carbocycles. The molecule has 2 aromatic rings. The maximum atomic E-state index is 5.71. The van der Waals surface area contributed by atoms with Gasteiger partial charge in [0.25, 0.3) is 0 Å². The maximum Gasteiger partial charge on any atom is 0.224 e. The number of rotatable bonds is 3. The maximum absolute atomic E-state index is 5.71. The van der Waals surface area contributed by atoms with E-state index in [-0.39, 0.29) is 5.28 Å². The molecule has 2 rings (SSSR count). The highest BCUT2D eigenvalue weighted by molar-refractivity contribution is 6.28. The smallest absolute Gasteiger partial charge is 0.224 e. The van der Waals surface area contributed by atoms with Crippen molar-refractivity contribution in [2.45, 2.75) is 13.5 Å². The third kappa shape index (κ3) is 2.64. The standard InChI is InChI=1S/C10H10ClN5/c1-7-4-14-10(11)16-9(7)13-5-8-2-3-12-6-15-8/h2-4,6H,5H2,1H3,(H,13,14,16). The van der Waals surface area contributed by atoms with Gasteiger partial charge < -0.3 is 5.32 Å². The Labute approximate surface area is 98.0 Å². The van der Waals surface area contributed by atoms with E-state index in [9.17, 15) is 0 Å². The Balaban J connectivity index is 2.08. The van der Waals surface area contributed by atoms with Crippen LogP contribution in [0.1, 0.15) is 11.3 Å². The first-order valence-electron chi connectivity index (χ1n) is 4.73. The van der Waals surface area contributed by atoms with E-state index in [4.69, 9.17) is 11.6 Å². The number of nitrogens with zero attached hydrogens (tertiary/aromatic N) is 4. The fourth-order valence-corrected chi connectivity index (χ4v) is 1.33. The second-order valence-electron chi connectivity index (χ2n) is 3.22. The van der Waals surface area contributed by atoms with Crippen LogP contribution in [0, 0.1) is 6.92 Å². The van der Waals surface area contributed by atoms with Crippen molar-refractivity contribution >= 4 is 17.4 Å². The first-order chi connectivity index (χ1) is 7.75. The van der Waals surface area contributed by atoms with Crippen molar-refractivity contribution in [3.05, 3.63) is 41.3 Å². The molecule has 2 aromatic heterocycles.